The number of Topliss-reactive ketones (excluding diaryl/α,β-unsaturated/α-hetero) is 1. The molecule has 0 radical (unpaired) electrons. The average molecular weight is 279 g/mol. The third-order valence-electron chi connectivity index (χ3n) is 2.86. The number of halogens is 2. The summed E-state index contributed by atoms with van der Waals surface area (Å²) in [6.07, 6.45) is 0. The number of aryl methyl sites for hydroxylation is 1. The van der Waals surface area contributed by atoms with Crippen molar-refractivity contribution in [2.45, 2.75) is 13.8 Å². The molecule has 0 heterocycles. The molecule has 0 unspecified atom stereocenters. The van der Waals surface area contributed by atoms with Gasteiger partial charge in [0.15, 0.2) is 5.78 Å². The van der Waals surface area contributed by atoms with Crippen molar-refractivity contribution in [3.63, 3.8) is 0 Å². The van der Waals surface area contributed by atoms with Crippen LogP contribution in [0.5, 0.6) is 0 Å². The highest BCUT2D eigenvalue weighted by molar-refractivity contribution is 6.34. The fourth-order valence-corrected chi connectivity index (χ4v) is 2.23. The van der Waals surface area contributed by atoms with Crippen LogP contribution in [0.4, 0.5) is 0 Å². The minimum absolute atomic E-state index is 0.0209. The lowest BCUT2D eigenvalue weighted by Crippen LogP contribution is -1.93. The third kappa shape index (κ3) is 2.58. The number of benzene rings is 2. The van der Waals surface area contributed by atoms with Gasteiger partial charge in [0, 0.05) is 21.2 Å². The van der Waals surface area contributed by atoms with Crippen molar-refractivity contribution in [1.82, 2.24) is 0 Å². The first-order valence-corrected chi connectivity index (χ1v) is 6.31. The van der Waals surface area contributed by atoms with Crippen LogP contribution in [0.2, 0.25) is 10.0 Å². The highest BCUT2D eigenvalue weighted by atomic mass is 35.5. The van der Waals surface area contributed by atoms with Crippen molar-refractivity contribution in [1.29, 1.82) is 0 Å². The number of ketones is 1. The first-order valence-electron chi connectivity index (χ1n) is 5.56. The summed E-state index contributed by atoms with van der Waals surface area (Å²) >= 11 is 12.2. The molecule has 0 aliphatic carbocycles. The van der Waals surface area contributed by atoms with Crippen molar-refractivity contribution >= 4 is 29.0 Å². The number of rotatable bonds is 2. The maximum absolute atomic E-state index is 11.4. The molecule has 0 saturated heterocycles. The Morgan fingerprint density at radius 2 is 1.72 bits per heavy atom. The smallest absolute Gasteiger partial charge is 0.159 e. The number of carbonyl (C=O) groups excluding carboxylic acids is 1. The van der Waals surface area contributed by atoms with E-state index in [9.17, 15) is 4.79 Å². The van der Waals surface area contributed by atoms with Crippen molar-refractivity contribution in [2.24, 2.45) is 0 Å². The van der Waals surface area contributed by atoms with E-state index >= 15 is 0 Å². The van der Waals surface area contributed by atoms with Crippen molar-refractivity contribution < 1.29 is 4.79 Å². The van der Waals surface area contributed by atoms with Gasteiger partial charge in [-0.2, -0.15) is 0 Å². The molecule has 0 amide bonds. The molecule has 2 rings (SSSR count). The molecule has 0 atom stereocenters. The Bertz CT molecular complexity index is 618. The zero-order valence-corrected chi connectivity index (χ0v) is 11.6. The second kappa shape index (κ2) is 5.13. The Kier molecular flexibility index (Phi) is 3.74. The van der Waals surface area contributed by atoms with Crippen LogP contribution in [0, 0.1) is 6.92 Å². The van der Waals surface area contributed by atoms with Crippen LogP contribution in [0.15, 0.2) is 36.4 Å². The molecule has 2 aromatic carbocycles. The first-order chi connectivity index (χ1) is 8.49. The topological polar surface area (TPSA) is 17.1 Å². The lowest BCUT2D eigenvalue weighted by atomic mass is 9.98. The monoisotopic (exact) mass is 278 g/mol. The summed E-state index contributed by atoms with van der Waals surface area (Å²) < 4.78 is 0. The van der Waals surface area contributed by atoms with Gasteiger partial charge in [-0.05, 0) is 55.3 Å². The molecular formula is C15H12Cl2O. The van der Waals surface area contributed by atoms with Crippen LogP contribution >= 0.6 is 23.2 Å². The van der Waals surface area contributed by atoms with Crippen LogP contribution < -0.4 is 0 Å². The average Bonchev–Trinajstić information content (AvgIpc) is 2.33. The molecular weight excluding hydrogens is 267 g/mol. The van der Waals surface area contributed by atoms with E-state index in [1.807, 2.05) is 31.2 Å². The van der Waals surface area contributed by atoms with Gasteiger partial charge in [0.1, 0.15) is 0 Å². The van der Waals surface area contributed by atoms with Crippen molar-refractivity contribution in [2.75, 3.05) is 0 Å². The molecule has 18 heavy (non-hydrogen) atoms. The maximum atomic E-state index is 11.4. The Hall–Kier alpha value is -1.31. The maximum Gasteiger partial charge on any atom is 0.159 e. The molecule has 0 aromatic heterocycles. The van der Waals surface area contributed by atoms with Gasteiger partial charge in [0.25, 0.3) is 0 Å². The largest absolute Gasteiger partial charge is 0.295 e. The standard InChI is InChI=1S/C15H12Cl2O/c1-9-3-5-12(16)8-13(9)14-7-11(10(2)18)4-6-15(14)17/h3-8H,1-2H3. The third-order valence-corrected chi connectivity index (χ3v) is 3.43. The van der Waals surface area contributed by atoms with Gasteiger partial charge < -0.3 is 0 Å². The summed E-state index contributed by atoms with van der Waals surface area (Å²) in [7, 11) is 0. The van der Waals surface area contributed by atoms with Crippen molar-refractivity contribution in [3.8, 4) is 11.1 Å². The highest BCUT2D eigenvalue weighted by Crippen LogP contribution is 2.33. The number of carbonyl (C=O) groups is 1. The molecule has 0 fully saturated rings. The fourth-order valence-electron chi connectivity index (χ4n) is 1.84. The zero-order valence-electron chi connectivity index (χ0n) is 10.1. The minimum atomic E-state index is 0.0209. The Morgan fingerprint density at radius 1 is 1.00 bits per heavy atom. The first kappa shape index (κ1) is 13.1. The molecule has 0 saturated carbocycles. The second-order valence-corrected chi connectivity index (χ2v) is 5.05. The predicted molar refractivity (Wildman–Crippen MR) is 76.6 cm³/mol. The van der Waals surface area contributed by atoms with Crippen LogP contribution in [0.3, 0.4) is 0 Å². The van der Waals surface area contributed by atoms with E-state index in [2.05, 4.69) is 0 Å². The fraction of sp³-hybridized carbons (Fsp3) is 0.133. The SMILES string of the molecule is CC(=O)c1ccc(Cl)c(-c2cc(Cl)ccc2C)c1. The molecule has 1 nitrogen and oxygen atoms in total. The molecule has 2 aromatic rings. The Balaban J connectivity index is 2.66. The molecule has 3 heteroatoms. The van der Waals surface area contributed by atoms with Gasteiger partial charge >= 0.3 is 0 Å². The van der Waals surface area contributed by atoms with Crippen LogP contribution in [0.1, 0.15) is 22.8 Å². The highest BCUT2D eigenvalue weighted by Gasteiger charge is 2.10. The van der Waals surface area contributed by atoms with Gasteiger partial charge in [-0.1, -0.05) is 29.3 Å². The van der Waals surface area contributed by atoms with Gasteiger partial charge in [0.05, 0.1) is 0 Å². The quantitative estimate of drug-likeness (QED) is 0.693. The van der Waals surface area contributed by atoms with Crippen LogP contribution in [-0.2, 0) is 0 Å². The minimum Gasteiger partial charge on any atom is -0.295 e. The summed E-state index contributed by atoms with van der Waals surface area (Å²) in [5, 5.41) is 1.27. The van der Waals surface area contributed by atoms with E-state index in [0.29, 0.717) is 15.6 Å². The number of hydrogen-bond donors (Lipinski definition) is 0. The summed E-state index contributed by atoms with van der Waals surface area (Å²) in [5.74, 6) is 0.0209. The molecule has 0 spiro atoms. The van der Waals surface area contributed by atoms with Gasteiger partial charge in [-0.3, -0.25) is 4.79 Å². The second-order valence-electron chi connectivity index (χ2n) is 4.21. The Labute approximate surface area is 116 Å². The normalized spacial score (nSPS) is 10.4. The van der Waals surface area contributed by atoms with Crippen molar-refractivity contribution in [3.05, 3.63) is 57.6 Å². The molecule has 92 valence electrons. The summed E-state index contributed by atoms with van der Waals surface area (Å²) in [6, 6.07) is 10.9. The summed E-state index contributed by atoms with van der Waals surface area (Å²) in [5.41, 5.74) is 3.51. The number of hydrogen-bond acceptors (Lipinski definition) is 1. The lowest BCUT2D eigenvalue weighted by molar-refractivity contribution is 0.101. The van der Waals surface area contributed by atoms with Gasteiger partial charge in [0.2, 0.25) is 0 Å². The van der Waals surface area contributed by atoms with E-state index < -0.39 is 0 Å². The Morgan fingerprint density at radius 3 is 2.39 bits per heavy atom. The van der Waals surface area contributed by atoms with Gasteiger partial charge in [-0.25, -0.2) is 0 Å². The lowest BCUT2D eigenvalue weighted by Gasteiger charge is -2.10. The molecule has 0 bridgehead atoms. The predicted octanol–water partition coefficient (Wildman–Crippen LogP) is 5.17. The molecule has 0 aliphatic heterocycles. The van der Waals surface area contributed by atoms with E-state index in [0.717, 1.165) is 16.7 Å². The van der Waals surface area contributed by atoms with Crippen LogP contribution in [0.25, 0.3) is 11.1 Å². The summed E-state index contributed by atoms with van der Waals surface area (Å²) in [6.45, 7) is 3.53. The summed E-state index contributed by atoms with van der Waals surface area (Å²) in [4.78, 5) is 11.4. The van der Waals surface area contributed by atoms with E-state index in [-0.39, 0.29) is 5.78 Å². The zero-order chi connectivity index (χ0) is 13.3. The van der Waals surface area contributed by atoms with Gasteiger partial charge in [-0.15, -0.1) is 0 Å². The van der Waals surface area contributed by atoms with Crippen LogP contribution in [-0.4, -0.2) is 5.78 Å². The molecule has 0 aliphatic rings. The van der Waals surface area contributed by atoms with E-state index in [4.69, 9.17) is 23.2 Å². The van der Waals surface area contributed by atoms with E-state index in [1.165, 1.54) is 6.92 Å². The van der Waals surface area contributed by atoms with E-state index in [1.54, 1.807) is 12.1 Å². The molecule has 0 N–H and O–H groups in total.